The molecule has 0 saturated heterocycles. The summed E-state index contributed by atoms with van der Waals surface area (Å²) >= 11 is 0. The first-order valence-corrected chi connectivity index (χ1v) is 14.1. The van der Waals surface area contributed by atoms with E-state index in [1.54, 1.807) is 24.3 Å². The van der Waals surface area contributed by atoms with Gasteiger partial charge in [-0.1, -0.05) is 42.5 Å². The van der Waals surface area contributed by atoms with Crippen LogP contribution in [-0.2, 0) is 46.4 Å². The number of benzene rings is 2. The zero-order valence-corrected chi connectivity index (χ0v) is 24.8. The molecule has 2 unspecified atom stereocenters. The first-order chi connectivity index (χ1) is 20.6. The van der Waals surface area contributed by atoms with E-state index in [2.05, 4.69) is 35.8 Å². The lowest BCUT2D eigenvalue weighted by atomic mass is 10.1. The molecule has 2 aromatic carbocycles. The van der Waals surface area contributed by atoms with Gasteiger partial charge in [-0.2, -0.15) is 0 Å². The van der Waals surface area contributed by atoms with Crippen LogP contribution >= 0.6 is 9.24 Å². The van der Waals surface area contributed by atoms with Crippen LogP contribution in [0.1, 0.15) is 18.1 Å². The van der Waals surface area contributed by atoms with Crippen molar-refractivity contribution < 1.29 is 33.6 Å². The molecule has 0 fully saturated rings. The third-order valence-corrected chi connectivity index (χ3v) is 5.90. The molecule has 0 radical (unpaired) electrons. The van der Waals surface area contributed by atoms with Crippen LogP contribution in [0.4, 0.5) is 5.69 Å². The first kappa shape index (κ1) is 34.3. The highest BCUT2D eigenvalue weighted by Crippen LogP contribution is 2.19. The van der Waals surface area contributed by atoms with Crippen LogP contribution in [0.15, 0.2) is 66.7 Å². The average Bonchev–Trinajstić information content (AvgIpc) is 3.32. The van der Waals surface area contributed by atoms with E-state index in [4.69, 9.17) is 0 Å². The predicted octanol–water partition coefficient (Wildman–Crippen LogP) is -0.680. The molecule has 1 aliphatic rings. The van der Waals surface area contributed by atoms with Crippen molar-refractivity contribution in [2.75, 3.05) is 30.8 Å². The van der Waals surface area contributed by atoms with E-state index in [1.165, 1.54) is 12.2 Å². The summed E-state index contributed by atoms with van der Waals surface area (Å²) in [6.45, 7) is 1.50. The number of nitrogens with zero attached hydrogens (tertiary/aromatic N) is 1. The van der Waals surface area contributed by atoms with Crippen LogP contribution in [0, 0.1) is 0 Å². The third kappa shape index (κ3) is 13.1. The fourth-order valence-corrected chi connectivity index (χ4v) is 3.97. The predicted molar refractivity (Wildman–Crippen MR) is 162 cm³/mol. The molecular weight excluding hydrogens is 575 g/mol. The molecule has 0 bridgehead atoms. The Morgan fingerprint density at radius 2 is 1.35 bits per heavy atom. The summed E-state index contributed by atoms with van der Waals surface area (Å²) in [5, 5.41) is 12.5. The molecule has 0 spiro atoms. The van der Waals surface area contributed by atoms with Gasteiger partial charge in [-0.3, -0.25) is 33.6 Å². The van der Waals surface area contributed by atoms with Crippen molar-refractivity contribution in [3.8, 4) is 0 Å². The summed E-state index contributed by atoms with van der Waals surface area (Å²) in [7, 11) is 2.34. The molecule has 2 aromatic rings. The number of hydrogen-bond acceptors (Lipinski definition) is 7. The van der Waals surface area contributed by atoms with Crippen LogP contribution in [0.5, 0.6) is 0 Å². The van der Waals surface area contributed by atoms with E-state index in [0.717, 1.165) is 10.5 Å². The Morgan fingerprint density at radius 1 is 0.767 bits per heavy atom. The van der Waals surface area contributed by atoms with Crippen molar-refractivity contribution in [2.24, 2.45) is 0 Å². The Labute approximate surface area is 251 Å². The molecule has 1 aliphatic heterocycles. The Kier molecular flexibility index (Phi) is 14.8. The highest BCUT2D eigenvalue weighted by Gasteiger charge is 2.24. The van der Waals surface area contributed by atoms with Crippen LogP contribution < -0.4 is 31.5 Å². The lowest BCUT2D eigenvalue weighted by Crippen LogP contribution is -2.44. The molecule has 228 valence electrons. The van der Waals surface area contributed by atoms with Crippen molar-refractivity contribution in [3.63, 3.8) is 0 Å². The molecule has 13 nitrogen and oxygen atoms in total. The van der Waals surface area contributed by atoms with Crippen molar-refractivity contribution in [1.82, 2.24) is 26.6 Å². The topological polar surface area (TPSA) is 183 Å². The van der Waals surface area contributed by atoms with Gasteiger partial charge in [0.25, 0.3) is 11.8 Å². The van der Waals surface area contributed by atoms with Crippen LogP contribution in [0.3, 0.4) is 0 Å². The summed E-state index contributed by atoms with van der Waals surface area (Å²) in [5.41, 5.74) is 2.17. The zero-order valence-electron chi connectivity index (χ0n) is 23.6. The maximum Gasteiger partial charge on any atom is 0.258 e. The summed E-state index contributed by atoms with van der Waals surface area (Å²) in [6.07, 6.45) is 4.10. The largest absolute Gasteiger partial charge is 0.352 e. The summed E-state index contributed by atoms with van der Waals surface area (Å²) in [6, 6.07) is 16.1. The molecule has 7 amide bonds. The van der Waals surface area contributed by atoms with Crippen LogP contribution in [0.2, 0.25) is 0 Å². The number of nitrogens with one attached hydrogen (secondary N) is 5. The maximum absolute atomic E-state index is 12.1. The smallest absolute Gasteiger partial charge is 0.258 e. The van der Waals surface area contributed by atoms with Crippen molar-refractivity contribution in [1.29, 1.82) is 0 Å². The Bertz CT molecular complexity index is 1300. The van der Waals surface area contributed by atoms with E-state index in [0.29, 0.717) is 30.4 Å². The second kappa shape index (κ2) is 18.5. The highest BCUT2D eigenvalue weighted by atomic mass is 31.0. The van der Waals surface area contributed by atoms with Gasteiger partial charge >= 0.3 is 0 Å². The van der Waals surface area contributed by atoms with Crippen molar-refractivity contribution in [2.45, 2.75) is 25.8 Å². The number of hydrogen-bond donors (Lipinski definition) is 5. The molecule has 0 aromatic heterocycles. The summed E-state index contributed by atoms with van der Waals surface area (Å²) in [4.78, 5) is 80.6. The third-order valence-electron chi connectivity index (χ3n) is 5.70. The molecule has 0 saturated carbocycles. The lowest BCUT2D eigenvalue weighted by molar-refractivity contribution is -0.127. The Morgan fingerprint density at radius 3 is 1.95 bits per heavy atom. The average molecular weight is 611 g/mol. The number of imide groups is 1. The van der Waals surface area contributed by atoms with Crippen molar-refractivity contribution in [3.05, 3.63) is 77.9 Å². The van der Waals surface area contributed by atoms with Gasteiger partial charge < -0.3 is 26.6 Å². The van der Waals surface area contributed by atoms with Gasteiger partial charge in [-0.25, -0.2) is 4.90 Å². The zero-order chi connectivity index (χ0) is 31.6. The molecule has 43 heavy (non-hydrogen) atoms. The molecule has 1 heterocycles. The fourth-order valence-electron chi connectivity index (χ4n) is 3.74. The Hall–Kier alpha value is -4.90. The van der Waals surface area contributed by atoms with Gasteiger partial charge in [0, 0.05) is 24.5 Å². The number of anilines is 1. The van der Waals surface area contributed by atoms with E-state index in [1.807, 2.05) is 37.3 Å². The minimum atomic E-state index is -0.479. The quantitative estimate of drug-likeness (QED) is 0.107. The maximum atomic E-state index is 12.1. The number of carbonyl (C=O) groups excluding carboxylic acids is 7. The van der Waals surface area contributed by atoms with Crippen LogP contribution in [0.25, 0.3) is 0 Å². The standard InChI is InChI=1S/C25H26N4O5.C4H9N2O2P/c1-17(13-18-5-3-2-4-6-18)28-23(32)16-27-22(31)15-26-21(30)14-19-7-9-20(10-8-19)29-24(33)11-12-25(29)34;7-2-5-1-4(8)6-3-9/h2-12,17H,13-16H2,1H3,(H,26,30)(H,27,31)(H,28,32);2H,1,3,9H2,(H,5,7)(H,6,8). The van der Waals surface area contributed by atoms with Crippen LogP contribution in [-0.4, -0.2) is 73.8 Å². The first-order valence-electron chi connectivity index (χ1n) is 13.3. The Balaban J connectivity index is 0.000000621. The van der Waals surface area contributed by atoms with Gasteiger partial charge in [0.05, 0.1) is 31.7 Å². The van der Waals surface area contributed by atoms with Crippen molar-refractivity contribution >= 4 is 56.8 Å². The monoisotopic (exact) mass is 610 g/mol. The normalized spacial score (nSPS) is 12.4. The minimum absolute atomic E-state index is 0.0190. The van der Waals surface area contributed by atoms with Gasteiger partial charge in [-0.15, -0.1) is 9.24 Å². The van der Waals surface area contributed by atoms with Gasteiger partial charge in [0.2, 0.25) is 30.0 Å². The lowest BCUT2D eigenvalue weighted by Gasteiger charge is -2.14. The molecule has 14 heteroatoms. The summed E-state index contributed by atoms with van der Waals surface area (Å²) < 4.78 is 0. The molecule has 3 rings (SSSR count). The highest BCUT2D eigenvalue weighted by molar-refractivity contribution is 7.16. The summed E-state index contributed by atoms with van der Waals surface area (Å²) in [5.74, 6) is -2.18. The number of carbonyl (C=O) groups is 7. The fraction of sp³-hybridized carbons (Fsp3) is 0.276. The van der Waals surface area contributed by atoms with E-state index < -0.39 is 17.7 Å². The van der Waals surface area contributed by atoms with E-state index >= 15 is 0 Å². The number of rotatable bonds is 14. The molecular formula is C29H35N6O7P. The number of amides is 7. The second-order valence-electron chi connectivity index (χ2n) is 9.20. The van der Waals surface area contributed by atoms with Gasteiger partial charge in [-0.05, 0) is 36.6 Å². The second-order valence-corrected chi connectivity index (χ2v) is 9.61. The minimum Gasteiger partial charge on any atom is -0.352 e. The molecule has 0 aliphatic carbocycles. The van der Waals surface area contributed by atoms with E-state index in [-0.39, 0.29) is 49.8 Å². The molecule has 2 atom stereocenters. The van der Waals surface area contributed by atoms with Gasteiger partial charge in [0.1, 0.15) is 0 Å². The molecule has 5 N–H and O–H groups in total. The SMILES string of the molecule is CC(Cc1ccccc1)NC(=O)CNC(=O)CNC(=O)Cc1ccc(N2C(=O)C=CC2=O)cc1.O=CNCC(=O)NCP. The van der Waals surface area contributed by atoms with E-state index in [9.17, 15) is 33.6 Å². The van der Waals surface area contributed by atoms with Gasteiger partial charge in [0.15, 0.2) is 0 Å².